The third-order valence-electron chi connectivity index (χ3n) is 3.61. The SMILES string of the molecule is Cc1ccc(C2C[C@H](O)c3ccc(F)cc3O2)cc1F. The summed E-state index contributed by atoms with van der Waals surface area (Å²) in [6.07, 6.45) is -0.899. The van der Waals surface area contributed by atoms with Crippen LogP contribution in [-0.2, 0) is 0 Å². The molecule has 2 atom stereocenters. The van der Waals surface area contributed by atoms with E-state index in [1.807, 2.05) is 0 Å². The molecule has 1 aliphatic rings. The second-order valence-corrected chi connectivity index (χ2v) is 5.05. The van der Waals surface area contributed by atoms with Gasteiger partial charge in [-0.25, -0.2) is 8.78 Å². The maximum atomic E-state index is 13.6. The fourth-order valence-corrected chi connectivity index (χ4v) is 2.43. The summed E-state index contributed by atoms with van der Waals surface area (Å²) in [7, 11) is 0. The van der Waals surface area contributed by atoms with Gasteiger partial charge >= 0.3 is 0 Å². The summed E-state index contributed by atoms with van der Waals surface area (Å²) in [5, 5.41) is 10.1. The summed E-state index contributed by atoms with van der Waals surface area (Å²) in [6, 6.07) is 8.88. The van der Waals surface area contributed by atoms with Gasteiger partial charge in [0.2, 0.25) is 0 Å². The van der Waals surface area contributed by atoms with Crippen LogP contribution in [0.15, 0.2) is 36.4 Å². The van der Waals surface area contributed by atoms with Crippen molar-refractivity contribution in [3.05, 3.63) is 64.7 Å². The predicted octanol–water partition coefficient (Wildman–Crippen LogP) is 3.83. The summed E-state index contributed by atoms with van der Waals surface area (Å²) in [6.45, 7) is 1.68. The molecule has 3 rings (SSSR count). The zero-order valence-corrected chi connectivity index (χ0v) is 10.9. The van der Waals surface area contributed by atoms with Crippen molar-refractivity contribution in [1.29, 1.82) is 0 Å². The third-order valence-corrected chi connectivity index (χ3v) is 3.61. The highest BCUT2D eigenvalue weighted by Crippen LogP contribution is 2.41. The zero-order chi connectivity index (χ0) is 14.3. The van der Waals surface area contributed by atoms with Gasteiger partial charge in [0.1, 0.15) is 23.5 Å². The standard InChI is InChI=1S/C16H14F2O2/c1-9-2-3-10(6-13(9)18)15-8-14(19)12-5-4-11(17)7-16(12)20-15/h2-7,14-15,19H,8H2,1H3/t14-,15?/m0/s1. The lowest BCUT2D eigenvalue weighted by atomic mass is 9.94. The molecule has 0 amide bonds. The van der Waals surface area contributed by atoms with E-state index in [0.29, 0.717) is 28.9 Å². The van der Waals surface area contributed by atoms with E-state index in [0.717, 1.165) is 0 Å². The molecule has 0 saturated carbocycles. The molecule has 0 bridgehead atoms. The molecule has 2 nitrogen and oxygen atoms in total. The average molecular weight is 276 g/mol. The van der Waals surface area contributed by atoms with Gasteiger partial charge in [-0.15, -0.1) is 0 Å². The van der Waals surface area contributed by atoms with Crippen LogP contribution in [0.5, 0.6) is 5.75 Å². The molecule has 104 valence electrons. The minimum atomic E-state index is -0.742. The fourth-order valence-electron chi connectivity index (χ4n) is 2.43. The first-order chi connectivity index (χ1) is 9.54. The summed E-state index contributed by atoms with van der Waals surface area (Å²) in [5.74, 6) is -0.424. The lowest BCUT2D eigenvalue weighted by molar-refractivity contribution is 0.0652. The molecular formula is C16H14F2O2. The average Bonchev–Trinajstić information content (AvgIpc) is 2.41. The Hall–Kier alpha value is -1.94. The molecular weight excluding hydrogens is 262 g/mol. The lowest BCUT2D eigenvalue weighted by Gasteiger charge is -2.30. The van der Waals surface area contributed by atoms with Gasteiger partial charge in [0.25, 0.3) is 0 Å². The molecule has 2 aromatic rings. The van der Waals surface area contributed by atoms with Crippen LogP contribution in [0.4, 0.5) is 8.78 Å². The van der Waals surface area contributed by atoms with Crippen LogP contribution in [0.25, 0.3) is 0 Å². The van der Waals surface area contributed by atoms with Crippen LogP contribution in [0.1, 0.15) is 35.3 Å². The van der Waals surface area contributed by atoms with Gasteiger partial charge in [0, 0.05) is 18.1 Å². The molecule has 0 radical (unpaired) electrons. The third kappa shape index (κ3) is 2.27. The van der Waals surface area contributed by atoms with Gasteiger partial charge in [0.05, 0.1) is 6.10 Å². The second-order valence-electron chi connectivity index (χ2n) is 5.05. The van der Waals surface area contributed by atoms with E-state index in [-0.39, 0.29) is 5.82 Å². The van der Waals surface area contributed by atoms with E-state index in [4.69, 9.17) is 4.74 Å². The van der Waals surface area contributed by atoms with Crippen molar-refractivity contribution in [2.45, 2.75) is 25.6 Å². The topological polar surface area (TPSA) is 29.5 Å². The number of rotatable bonds is 1. The van der Waals surface area contributed by atoms with Gasteiger partial charge in [-0.3, -0.25) is 0 Å². The number of hydrogen-bond acceptors (Lipinski definition) is 2. The van der Waals surface area contributed by atoms with Crippen molar-refractivity contribution in [1.82, 2.24) is 0 Å². The number of benzene rings is 2. The number of aliphatic hydroxyl groups excluding tert-OH is 1. The van der Waals surface area contributed by atoms with E-state index in [2.05, 4.69) is 0 Å². The Kier molecular flexibility index (Phi) is 3.18. The fraction of sp³-hybridized carbons (Fsp3) is 0.250. The molecule has 4 heteroatoms. The van der Waals surface area contributed by atoms with Crippen LogP contribution >= 0.6 is 0 Å². The number of aryl methyl sites for hydroxylation is 1. The number of ether oxygens (including phenoxy) is 1. The van der Waals surface area contributed by atoms with Crippen LogP contribution in [0, 0.1) is 18.6 Å². The molecule has 2 aromatic carbocycles. The van der Waals surface area contributed by atoms with E-state index >= 15 is 0 Å². The van der Waals surface area contributed by atoms with Crippen LogP contribution < -0.4 is 4.74 Å². The Morgan fingerprint density at radius 3 is 2.70 bits per heavy atom. The Morgan fingerprint density at radius 1 is 1.15 bits per heavy atom. The minimum Gasteiger partial charge on any atom is -0.485 e. The highest BCUT2D eigenvalue weighted by molar-refractivity contribution is 5.39. The summed E-state index contributed by atoms with van der Waals surface area (Å²) in [5.41, 5.74) is 1.76. The first-order valence-electron chi connectivity index (χ1n) is 6.45. The molecule has 0 spiro atoms. The van der Waals surface area contributed by atoms with Crippen molar-refractivity contribution in [3.8, 4) is 5.75 Å². The van der Waals surface area contributed by atoms with Gasteiger partial charge in [-0.2, -0.15) is 0 Å². The highest BCUT2D eigenvalue weighted by atomic mass is 19.1. The molecule has 1 N–H and O–H groups in total. The van der Waals surface area contributed by atoms with Crippen molar-refractivity contribution < 1.29 is 18.6 Å². The monoisotopic (exact) mass is 276 g/mol. The Morgan fingerprint density at radius 2 is 1.95 bits per heavy atom. The van der Waals surface area contributed by atoms with Gasteiger partial charge in [-0.05, 0) is 36.2 Å². The molecule has 1 unspecified atom stereocenters. The molecule has 20 heavy (non-hydrogen) atoms. The lowest BCUT2D eigenvalue weighted by Crippen LogP contribution is -2.19. The second kappa shape index (κ2) is 4.87. The van der Waals surface area contributed by atoms with Crippen LogP contribution in [0.2, 0.25) is 0 Å². The molecule has 0 aromatic heterocycles. The van der Waals surface area contributed by atoms with E-state index < -0.39 is 18.0 Å². The van der Waals surface area contributed by atoms with E-state index in [1.54, 1.807) is 19.1 Å². The van der Waals surface area contributed by atoms with Crippen molar-refractivity contribution in [2.24, 2.45) is 0 Å². The van der Waals surface area contributed by atoms with Crippen molar-refractivity contribution in [3.63, 3.8) is 0 Å². The Labute approximate surface area is 115 Å². The van der Waals surface area contributed by atoms with Crippen LogP contribution in [0.3, 0.4) is 0 Å². The van der Waals surface area contributed by atoms with E-state index in [1.165, 1.54) is 24.3 Å². The highest BCUT2D eigenvalue weighted by Gasteiger charge is 2.28. The molecule has 0 fully saturated rings. The number of fused-ring (bicyclic) bond motifs is 1. The number of aliphatic hydroxyl groups is 1. The van der Waals surface area contributed by atoms with Gasteiger partial charge in [-0.1, -0.05) is 12.1 Å². The van der Waals surface area contributed by atoms with Gasteiger partial charge in [0.15, 0.2) is 0 Å². The van der Waals surface area contributed by atoms with Gasteiger partial charge < -0.3 is 9.84 Å². The normalized spacial score (nSPS) is 21.2. The largest absolute Gasteiger partial charge is 0.485 e. The smallest absolute Gasteiger partial charge is 0.128 e. The van der Waals surface area contributed by atoms with Crippen molar-refractivity contribution >= 4 is 0 Å². The number of hydrogen-bond donors (Lipinski definition) is 1. The molecule has 1 heterocycles. The van der Waals surface area contributed by atoms with Crippen molar-refractivity contribution in [2.75, 3.05) is 0 Å². The summed E-state index contributed by atoms with van der Waals surface area (Å²) < 4.78 is 32.6. The maximum absolute atomic E-state index is 13.6. The maximum Gasteiger partial charge on any atom is 0.128 e. The Bertz CT molecular complexity index is 655. The number of halogens is 2. The first kappa shape index (κ1) is 13.1. The van der Waals surface area contributed by atoms with E-state index in [9.17, 15) is 13.9 Å². The Balaban J connectivity index is 1.96. The molecule has 0 saturated heterocycles. The predicted molar refractivity (Wildman–Crippen MR) is 70.5 cm³/mol. The zero-order valence-electron chi connectivity index (χ0n) is 10.9. The van der Waals surface area contributed by atoms with Crippen LogP contribution in [-0.4, -0.2) is 5.11 Å². The first-order valence-corrected chi connectivity index (χ1v) is 6.45. The molecule has 0 aliphatic carbocycles. The molecule has 1 aliphatic heterocycles. The minimum absolute atomic E-state index is 0.314. The summed E-state index contributed by atoms with van der Waals surface area (Å²) >= 11 is 0. The quantitative estimate of drug-likeness (QED) is 0.857. The summed E-state index contributed by atoms with van der Waals surface area (Å²) in [4.78, 5) is 0.